The highest BCUT2D eigenvalue weighted by Crippen LogP contribution is 2.30. The molecule has 3 rings (SSSR count). The van der Waals surface area contributed by atoms with E-state index >= 15 is 0 Å². The summed E-state index contributed by atoms with van der Waals surface area (Å²) in [5.74, 6) is 0.188. The SMILES string of the molecule is CC1CCCN(C(=O)c2cc3ccc(F)cc3s2)C1CN. The normalized spacial score (nSPS) is 22.7. The summed E-state index contributed by atoms with van der Waals surface area (Å²) in [7, 11) is 0. The Bertz CT molecular complexity index is 669. The maximum Gasteiger partial charge on any atom is 0.264 e. The Balaban J connectivity index is 1.92. The lowest BCUT2D eigenvalue weighted by Crippen LogP contribution is -2.51. The van der Waals surface area contributed by atoms with Crippen molar-refractivity contribution in [3.63, 3.8) is 0 Å². The van der Waals surface area contributed by atoms with Gasteiger partial charge in [-0.15, -0.1) is 11.3 Å². The minimum atomic E-state index is -0.269. The van der Waals surface area contributed by atoms with Gasteiger partial charge >= 0.3 is 0 Å². The number of benzene rings is 1. The first-order chi connectivity index (χ1) is 10.1. The van der Waals surface area contributed by atoms with Crippen molar-refractivity contribution in [2.45, 2.75) is 25.8 Å². The predicted octanol–water partition coefficient (Wildman–Crippen LogP) is 3.24. The highest BCUT2D eigenvalue weighted by molar-refractivity contribution is 7.20. The lowest BCUT2D eigenvalue weighted by Gasteiger charge is -2.39. The van der Waals surface area contributed by atoms with Crippen molar-refractivity contribution in [3.8, 4) is 0 Å². The Kier molecular flexibility index (Phi) is 3.95. The van der Waals surface area contributed by atoms with E-state index in [4.69, 9.17) is 5.73 Å². The first kappa shape index (κ1) is 14.5. The summed E-state index contributed by atoms with van der Waals surface area (Å²) in [6.45, 7) is 3.40. The number of nitrogens with zero attached hydrogens (tertiary/aromatic N) is 1. The number of nitrogens with two attached hydrogens (primary N) is 1. The summed E-state index contributed by atoms with van der Waals surface area (Å²) in [5, 5.41) is 0.916. The van der Waals surface area contributed by atoms with Gasteiger partial charge in [0.25, 0.3) is 5.91 Å². The van der Waals surface area contributed by atoms with E-state index in [0.717, 1.165) is 29.5 Å². The van der Waals surface area contributed by atoms with Gasteiger partial charge in [0.05, 0.1) is 4.88 Å². The van der Waals surface area contributed by atoms with Gasteiger partial charge in [0.1, 0.15) is 5.82 Å². The van der Waals surface area contributed by atoms with E-state index in [0.29, 0.717) is 17.3 Å². The summed E-state index contributed by atoms with van der Waals surface area (Å²) >= 11 is 1.35. The average molecular weight is 306 g/mol. The third-order valence-corrected chi connectivity index (χ3v) is 5.40. The number of halogens is 1. The molecular formula is C16H19FN2OS. The minimum Gasteiger partial charge on any atom is -0.333 e. The molecule has 1 saturated heterocycles. The van der Waals surface area contributed by atoms with Crippen LogP contribution in [0.15, 0.2) is 24.3 Å². The zero-order chi connectivity index (χ0) is 15.0. The van der Waals surface area contributed by atoms with Crippen molar-refractivity contribution in [2.24, 2.45) is 11.7 Å². The monoisotopic (exact) mass is 306 g/mol. The fraction of sp³-hybridized carbons (Fsp3) is 0.438. The van der Waals surface area contributed by atoms with Crippen molar-refractivity contribution >= 4 is 27.3 Å². The Labute approximate surface area is 127 Å². The molecule has 0 radical (unpaired) electrons. The van der Waals surface area contributed by atoms with Crippen LogP contribution in [-0.2, 0) is 0 Å². The minimum absolute atomic E-state index is 0.0265. The molecule has 0 bridgehead atoms. The van der Waals surface area contributed by atoms with Crippen LogP contribution in [-0.4, -0.2) is 29.9 Å². The number of carbonyl (C=O) groups excluding carboxylic acids is 1. The van der Waals surface area contributed by atoms with Gasteiger partial charge in [-0.05, 0) is 42.3 Å². The van der Waals surface area contributed by atoms with Crippen LogP contribution in [0, 0.1) is 11.7 Å². The van der Waals surface area contributed by atoms with Gasteiger partial charge in [-0.25, -0.2) is 4.39 Å². The van der Waals surface area contributed by atoms with Crippen LogP contribution in [0.2, 0.25) is 0 Å². The summed E-state index contributed by atoms with van der Waals surface area (Å²) in [4.78, 5) is 15.3. The Morgan fingerprint density at radius 2 is 2.29 bits per heavy atom. The van der Waals surface area contributed by atoms with Gasteiger partial charge in [-0.3, -0.25) is 4.79 Å². The molecule has 0 aliphatic carbocycles. The van der Waals surface area contributed by atoms with E-state index in [9.17, 15) is 9.18 Å². The molecule has 1 aromatic carbocycles. The van der Waals surface area contributed by atoms with Gasteiger partial charge in [-0.2, -0.15) is 0 Å². The summed E-state index contributed by atoms with van der Waals surface area (Å²) in [6.07, 6.45) is 2.13. The fourth-order valence-corrected chi connectivity index (χ4v) is 4.16. The van der Waals surface area contributed by atoms with E-state index in [1.54, 1.807) is 6.07 Å². The Morgan fingerprint density at radius 3 is 3.05 bits per heavy atom. The van der Waals surface area contributed by atoms with Gasteiger partial charge in [0.15, 0.2) is 0 Å². The van der Waals surface area contributed by atoms with Gasteiger partial charge in [0.2, 0.25) is 0 Å². The third-order valence-electron chi connectivity index (χ3n) is 4.31. The maximum atomic E-state index is 13.3. The molecule has 2 heterocycles. The molecule has 5 heteroatoms. The van der Waals surface area contributed by atoms with Gasteiger partial charge < -0.3 is 10.6 Å². The molecule has 2 N–H and O–H groups in total. The maximum absolute atomic E-state index is 13.3. The molecule has 112 valence electrons. The molecule has 1 amide bonds. The predicted molar refractivity (Wildman–Crippen MR) is 84.1 cm³/mol. The number of carbonyl (C=O) groups is 1. The summed E-state index contributed by atoms with van der Waals surface area (Å²) < 4.78 is 14.1. The molecule has 21 heavy (non-hydrogen) atoms. The molecule has 1 aliphatic rings. The van der Waals surface area contributed by atoms with Crippen LogP contribution < -0.4 is 5.73 Å². The first-order valence-corrected chi connectivity index (χ1v) is 8.12. The van der Waals surface area contributed by atoms with Crippen molar-refractivity contribution in [1.82, 2.24) is 4.90 Å². The van der Waals surface area contributed by atoms with Crippen LogP contribution in [0.5, 0.6) is 0 Å². The van der Waals surface area contributed by atoms with Crippen molar-refractivity contribution in [1.29, 1.82) is 0 Å². The molecular weight excluding hydrogens is 287 g/mol. The van der Waals surface area contributed by atoms with Crippen molar-refractivity contribution < 1.29 is 9.18 Å². The van der Waals surface area contributed by atoms with Crippen LogP contribution in [0.3, 0.4) is 0 Å². The standard InChI is InChI=1S/C16H19FN2OS/c1-10-3-2-6-19(13(10)9-18)16(20)15-7-11-4-5-12(17)8-14(11)21-15/h4-5,7-8,10,13H,2-3,6,9,18H2,1H3. The van der Waals surface area contributed by atoms with Crippen LogP contribution in [0.4, 0.5) is 4.39 Å². The molecule has 0 saturated carbocycles. The van der Waals surface area contributed by atoms with Gasteiger partial charge in [0, 0.05) is 23.8 Å². The Morgan fingerprint density at radius 1 is 1.48 bits per heavy atom. The van der Waals surface area contributed by atoms with Crippen LogP contribution in [0.1, 0.15) is 29.4 Å². The first-order valence-electron chi connectivity index (χ1n) is 7.30. The zero-order valence-corrected chi connectivity index (χ0v) is 12.8. The highest BCUT2D eigenvalue weighted by atomic mass is 32.1. The molecule has 1 fully saturated rings. The lowest BCUT2D eigenvalue weighted by molar-refractivity contribution is 0.0537. The van der Waals surface area contributed by atoms with E-state index in [1.807, 2.05) is 11.0 Å². The number of hydrogen-bond acceptors (Lipinski definition) is 3. The smallest absolute Gasteiger partial charge is 0.264 e. The number of thiophene rings is 1. The fourth-order valence-electron chi connectivity index (χ4n) is 3.11. The van der Waals surface area contributed by atoms with Crippen LogP contribution >= 0.6 is 11.3 Å². The van der Waals surface area contributed by atoms with E-state index in [1.165, 1.54) is 23.5 Å². The number of likely N-dealkylation sites (tertiary alicyclic amines) is 1. The molecule has 2 atom stereocenters. The van der Waals surface area contributed by atoms with E-state index in [-0.39, 0.29) is 17.8 Å². The summed E-state index contributed by atoms with van der Waals surface area (Å²) in [6, 6.07) is 6.59. The highest BCUT2D eigenvalue weighted by Gasteiger charge is 2.31. The van der Waals surface area contributed by atoms with E-state index in [2.05, 4.69) is 6.92 Å². The van der Waals surface area contributed by atoms with Crippen molar-refractivity contribution in [2.75, 3.05) is 13.1 Å². The van der Waals surface area contributed by atoms with E-state index < -0.39 is 0 Å². The number of amides is 1. The second-order valence-electron chi connectivity index (χ2n) is 5.71. The van der Waals surface area contributed by atoms with Gasteiger partial charge in [-0.1, -0.05) is 13.0 Å². The number of piperidine rings is 1. The molecule has 0 spiro atoms. The van der Waals surface area contributed by atoms with Crippen LogP contribution in [0.25, 0.3) is 10.1 Å². The molecule has 2 unspecified atom stereocenters. The topological polar surface area (TPSA) is 46.3 Å². The van der Waals surface area contributed by atoms with Crippen molar-refractivity contribution in [3.05, 3.63) is 35.0 Å². The average Bonchev–Trinajstić information content (AvgIpc) is 2.89. The number of hydrogen-bond donors (Lipinski definition) is 1. The second-order valence-corrected chi connectivity index (χ2v) is 6.80. The molecule has 2 aromatic rings. The zero-order valence-electron chi connectivity index (χ0n) is 12.0. The number of rotatable bonds is 2. The molecule has 3 nitrogen and oxygen atoms in total. The summed E-state index contributed by atoms with van der Waals surface area (Å²) in [5.41, 5.74) is 5.85. The quantitative estimate of drug-likeness (QED) is 0.926. The largest absolute Gasteiger partial charge is 0.333 e. The lowest BCUT2D eigenvalue weighted by atomic mass is 9.90. The number of fused-ring (bicyclic) bond motifs is 1. The molecule has 1 aliphatic heterocycles. The molecule has 1 aromatic heterocycles. The second kappa shape index (κ2) is 5.73. The Hall–Kier alpha value is -1.46. The third kappa shape index (κ3) is 2.68.